The summed E-state index contributed by atoms with van der Waals surface area (Å²) in [6, 6.07) is 12.4. The molecular formula is C21H17Cl2N5O2S2. The largest absolute Gasteiger partial charge is 0.282 e. The van der Waals surface area contributed by atoms with Crippen LogP contribution in [0.3, 0.4) is 0 Å². The molecule has 0 unspecified atom stereocenters. The maximum atomic E-state index is 12.3. The second-order valence-electron chi connectivity index (χ2n) is 6.71. The van der Waals surface area contributed by atoms with Crippen LogP contribution in [0.1, 0.15) is 13.3 Å². The van der Waals surface area contributed by atoms with Crippen LogP contribution in [0.4, 0.5) is 5.69 Å². The van der Waals surface area contributed by atoms with Crippen LogP contribution in [0.2, 0.25) is 10.3 Å². The Bertz CT molecular complexity index is 1360. The lowest BCUT2D eigenvalue weighted by Crippen LogP contribution is -2.16. The molecule has 164 valence electrons. The molecule has 4 aromatic rings. The van der Waals surface area contributed by atoms with Gasteiger partial charge in [0.15, 0.2) is 0 Å². The molecule has 1 aromatic carbocycles. The summed E-state index contributed by atoms with van der Waals surface area (Å²) in [6.07, 6.45) is 3.74. The standard InChI is InChI=1S/C21H17Cl2N5O2S2/c1-2-12-32(29,30)28-14-8-5-6-13(17(14)22)18-19(15-9-11-25-21(23)26-15)31-20(27-18)16-7-3-4-10-24-16/h3-11,28H,2,12H2,1H3. The van der Waals surface area contributed by atoms with Gasteiger partial charge < -0.3 is 0 Å². The van der Waals surface area contributed by atoms with Crippen molar-refractivity contribution in [3.8, 4) is 32.5 Å². The first-order valence-corrected chi connectivity index (χ1v) is 12.8. The molecule has 0 atom stereocenters. The molecule has 0 bridgehead atoms. The minimum absolute atomic E-state index is 0.00122. The molecule has 0 amide bonds. The zero-order chi connectivity index (χ0) is 22.7. The number of pyridine rings is 1. The Morgan fingerprint density at radius 3 is 2.53 bits per heavy atom. The fourth-order valence-electron chi connectivity index (χ4n) is 3.02. The van der Waals surface area contributed by atoms with Crippen LogP contribution in [0.15, 0.2) is 54.9 Å². The van der Waals surface area contributed by atoms with Crippen molar-refractivity contribution in [3.05, 3.63) is 65.2 Å². The fourth-order valence-corrected chi connectivity index (χ4v) is 5.65. The number of sulfonamides is 1. The summed E-state index contributed by atoms with van der Waals surface area (Å²) in [5.41, 5.74) is 2.67. The number of nitrogens with zero attached hydrogens (tertiary/aromatic N) is 4. The summed E-state index contributed by atoms with van der Waals surface area (Å²) in [6.45, 7) is 1.80. The van der Waals surface area contributed by atoms with Crippen LogP contribution >= 0.6 is 34.5 Å². The van der Waals surface area contributed by atoms with E-state index in [1.807, 2.05) is 18.2 Å². The van der Waals surface area contributed by atoms with Crippen LogP contribution in [-0.4, -0.2) is 34.1 Å². The van der Waals surface area contributed by atoms with Crippen LogP contribution in [0.5, 0.6) is 0 Å². The Morgan fingerprint density at radius 1 is 0.969 bits per heavy atom. The van der Waals surface area contributed by atoms with Crippen LogP contribution in [0.25, 0.3) is 32.5 Å². The highest BCUT2D eigenvalue weighted by Gasteiger charge is 2.22. The maximum absolute atomic E-state index is 12.3. The topological polar surface area (TPSA) is 97.7 Å². The van der Waals surface area contributed by atoms with Crippen LogP contribution < -0.4 is 4.72 Å². The van der Waals surface area contributed by atoms with Crippen molar-refractivity contribution in [2.45, 2.75) is 13.3 Å². The van der Waals surface area contributed by atoms with Gasteiger partial charge in [-0.25, -0.2) is 23.4 Å². The number of halogens is 2. The van der Waals surface area contributed by atoms with Gasteiger partial charge in [0.1, 0.15) is 5.01 Å². The number of rotatable bonds is 7. The molecule has 32 heavy (non-hydrogen) atoms. The maximum Gasteiger partial charge on any atom is 0.232 e. The Balaban J connectivity index is 1.88. The lowest BCUT2D eigenvalue weighted by molar-refractivity contribution is 0.600. The first-order chi connectivity index (χ1) is 15.4. The van der Waals surface area contributed by atoms with Crippen LogP contribution in [0, 0.1) is 0 Å². The van der Waals surface area contributed by atoms with Crippen molar-refractivity contribution in [2.75, 3.05) is 10.5 Å². The zero-order valence-corrected chi connectivity index (χ0v) is 19.9. The highest BCUT2D eigenvalue weighted by molar-refractivity contribution is 7.92. The summed E-state index contributed by atoms with van der Waals surface area (Å²) < 4.78 is 27.1. The van der Waals surface area contributed by atoms with Gasteiger partial charge >= 0.3 is 0 Å². The Kier molecular flexibility index (Phi) is 6.71. The summed E-state index contributed by atoms with van der Waals surface area (Å²) in [5.74, 6) is -0.00122. The molecule has 3 heterocycles. The average molecular weight is 506 g/mol. The number of thiazole rings is 1. The number of nitrogens with one attached hydrogen (secondary N) is 1. The number of benzene rings is 1. The SMILES string of the molecule is CCCS(=O)(=O)Nc1cccc(-c2nc(-c3ccccn3)sc2-c2ccnc(Cl)n2)c1Cl. The van der Waals surface area contributed by atoms with Crippen molar-refractivity contribution in [2.24, 2.45) is 0 Å². The molecule has 0 saturated carbocycles. The van der Waals surface area contributed by atoms with Crippen molar-refractivity contribution in [1.82, 2.24) is 19.9 Å². The predicted octanol–water partition coefficient (Wildman–Crippen LogP) is 5.79. The van der Waals surface area contributed by atoms with E-state index in [9.17, 15) is 8.42 Å². The summed E-state index contributed by atoms with van der Waals surface area (Å²) in [5, 5.41) is 1.01. The smallest absolute Gasteiger partial charge is 0.232 e. The monoisotopic (exact) mass is 505 g/mol. The van der Waals surface area contributed by atoms with Gasteiger partial charge in [-0.15, -0.1) is 11.3 Å². The highest BCUT2D eigenvalue weighted by atomic mass is 35.5. The van der Waals surface area contributed by atoms with Gasteiger partial charge in [-0.05, 0) is 42.3 Å². The summed E-state index contributed by atoms with van der Waals surface area (Å²) in [4.78, 5) is 18.1. The molecule has 0 aliphatic carbocycles. The second-order valence-corrected chi connectivity index (χ2v) is 10.3. The molecular weight excluding hydrogens is 489 g/mol. The van der Waals surface area contributed by atoms with E-state index in [0.717, 1.165) is 0 Å². The van der Waals surface area contributed by atoms with Gasteiger partial charge in [0.2, 0.25) is 15.3 Å². The van der Waals surface area contributed by atoms with Gasteiger partial charge in [-0.3, -0.25) is 9.71 Å². The minimum atomic E-state index is -3.51. The molecule has 0 aliphatic heterocycles. The van der Waals surface area contributed by atoms with E-state index >= 15 is 0 Å². The average Bonchev–Trinajstić information content (AvgIpc) is 3.21. The van der Waals surface area contributed by atoms with Gasteiger partial charge in [0.05, 0.1) is 38.4 Å². The first kappa shape index (κ1) is 22.6. The number of hydrogen-bond donors (Lipinski definition) is 1. The lowest BCUT2D eigenvalue weighted by Gasteiger charge is -2.12. The lowest BCUT2D eigenvalue weighted by atomic mass is 10.1. The van der Waals surface area contributed by atoms with Crippen molar-refractivity contribution >= 4 is 50.2 Å². The first-order valence-electron chi connectivity index (χ1n) is 9.58. The minimum Gasteiger partial charge on any atom is -0.282 e. The highest BCUT2D eigenvalue weighted by Crippen LogP contribution is 2.43. The van der Waals surface area contributed by atoms with E-state index in [-0.39, 0.29) is 21.7 Å². The summed E-state index contributed by atoms with van der Waals surface area (Å²) >= 11 is 14.1. The van der Waals surface area contributed by atoms with Gasteiger partial charge in [-0.2, -0.15) is 0 Å². The van der Waals surface area contributed by atoms with E-state index in [2.05, 4.69) is 19.7 Å². The molecule has 0 radical (unpaired) electrons. The van der Waals surface area contributed by atoms with Crippen molar-refractivity contribution in [1.29, 1.82) is 0 Å². The van der Waals surface area contributed by atoms with E-state index in [1.54, 1.807) is 43.6 Å². The van der Waals surface area contributed by atoms with Crippen LogP contribution in [-0.2, 0) is 10.0 Å². The predicted molar refractivity (Wildman–Crippen MR) is 130 cm³/mol. The third-order valence-electron chi connectivity index (χ3n) is 4.36. The van der Waals surface area contributed by atoms with Crippen molar-refractivity contribution in [3.63, 3.8) is 0 Å². The molecule has 1 N–H and O–H groups in total. The van der Waals surface area contributed by atoms with Crippen molar-refractivity contribution < 1.29 is 8.42 Å². The normalized spacial score (nSPS) is 11.5. The molecule has 11 heteroatoms. The molecule has 4 rings (SSSR count). The fraction of sp³-hybridized carbons (Fsp3) is 0.143. The summed E-state index contributed by atoms with van der Waals surface area (Å²) in [7, 11) is -3.51. The zero-order valence-electron chi connectivity index (χ0n) is 16.8. The van der Waals surface area contributed by atoms with Gasteiger partial charge in [0, 0.05) is 18.0 Å². The Morgan fingerprint density at radius 2 is 1.81 bits per heavy atom. The molecule has 7 nitrogen and oxygen atoms in total. The van der Waals surface area contributed by atoms with Gasteiger partial charge in [-0.1, -0.05) is 36.7 Å². The Labute approximate surface area is 199 Å². The van der Waals surface area contributed by atoms with E-state index in [0.29, 0.717) is 39.0 Å². The van der Waals surface area contributed by atoms with E-state index < -0.39 is 10.0 Å². The molecule has 0 aliphatic rings. The Hall–Kier alpha value is -2.59. The van der Waals surface area contributed by atoms with E-state index in [1.165, 1.54) is 11.3 Å². The molecule has 0 saturated heterocycles. The van der Waals surface area contributed by atoms with E-state index in [4.69, 9.17) is 28.2 Å². The van der Waals surface area contributed by atoms with Gasteiger partial charge in [0.25, 0.3) is 0 Å². The quantitative estimate of drug-likeness (QED) is 0.319. The second kappa shape index (κ2) is 9.50. The third kappa shape index (κ3) is 4.91. The molecule has 0 fully saturated rings. The molecule has 3 aromatic heterocycles. The number of aromatic nitrogens is 4. The number of anilines is 1. The third-order valence-corrected chi connectivity index (χ3v) is 7.53. The molecule has 0 spiro atoms. The number of hydrogen-bond acceptors (Lipinski definition) is 7.